The lowest BCUT2D eigenvalue weighted by molar-refractivity contribution is 0.398. The van der Waals surface area contributed by atoms with E-state index in [1.54, 1.807) is 53.2 Å². The quantitative estimate of drug-likeness (QED) is 0.226. The lowest BCUT2D eigenvalue weighted by Crippen LogP contribution is -2.42. The van der Waals surface area contributed by atoms with Crippen LogP contribution in [0.15, 0.2) is 83.8 Å². The van der Waals surface area contributed by atoms with Crippen LogP contribution in [0, 0.1) is 0 Å². The summed E-state index contributed by atoms with van der Waals surface area (Å²) in [6, 6.07) is 21.6. The highest BCUT2D eigenvalue weighted by molar-refractivity contribution is 6.35. The molecule has 8 nitrogen and oxygen atoms in total. The van der Waals surface area contributed by atoms with Gasteiger partial charge in [-0.05, 0) is 55.3 Å². The van der Waals surface area contributed by atoms with E-state index in [-0.39, 0.29) is 23.2 Å². The molecule has 0 aliphatic carbocycles. The molecule has 39 heavy (non-hydrogen) atoms. The molecule has 9 heteroatoms. The second-order valence-electron chi connectivity index (χ2n) is 9.74. The van der Waals surface area contributed by atoms with E-state index in [2.05, 4.69) is 29.1 Å². The molecule has 0 spiro atoms. The highest BCUT2D eigenvalue weighted by Gasteiger charge is 2.35. The van der Waals surface area contributed by atoms with Gasteiger partial charge in [0, 0.05) is 23.2 Å². The topological polar surface area (TPSA) is 119 Å². The molecule has 0 aliphatic rings. The molecule has 2 atom stereocenters. The number of nitrogen functional groups attached to an aromatic ring is 1. The average molecular weight is 541 g/mol. The number of phenols is 1. The van der Waals surface area contributed by atoms with Crippen LogP contribution in [-0.2, 0) is 0 Å². The van der Waals surface area contributed by atoms with Gasteiger partial charge in [-0.2, -0.15) is 4.98 Å². The first-order chi connectivity index (χ1) is 18.7. The van der Waals surface area contributed by atoms with Gasteiger partial charge in [0.25, 0.3) is 5.56 Å². The Bertz CT molecular complexity index is 1710. The predicted octanol–water partition coefficient (Wildman–Crippen LogP) is 6.17. The van der Waals surface area contributed by atoms with Crippen LogP contribution in [0.1, 0.15) is 38.9 Å². The number of aromatic hydroxyl groups is 1. The summed E-state index contributed by atoms with van der Waals surface area (Å²) in [5.41, 5.74) is 7.95. The zero-order valence-corrected chi connectivity index (χ0v) is 22.6. The second-order valence-corrected chi connectivity index (χ2v) is 10.1. The lowest BCUT2D eigenvalue weighted by Gasteiger charge is -2.37. The van der Waals surface area contributed by atoms with Gasteiger partial charge < -0.3 is 16.2 Å². The Kier molecular flexibility index (Phi) is 6.97. The van der Waals surface area contributed by atoms with Crippen molar-refractivity contribution in [3.63, 3.8) is 0 Å². The normalized spacial score (nSPS) is 13.6. The number of halogens is 1. The van der Waals surface area contributed by atoms with E-state index in [1.165, 1.54) is 0 Å². The van der Waals surface area contributed by atoms with Crippen molar-refractivity contribution >= 4 is 34.3 Å². The first kappa shape index (κ1) is 26.2. The molecule has 0 saturated carbocycles. The highest BCUT2D eigenvalue weighted by Crippen LogP contribution is 2.37. The average Bonchev–Trinajstić information content (AvgIpc) is 2.93. The van der Waals surface area contributed by atoms with Crippen molar-refractivity contribution in [2.24, 2.45) is 0 Å². The number of benzene rings is 3. The van der Waals surface area contributed by atoms with Crippen LogP contribution in [0.2, 0.25) is 5.02 Å². The number of phenolic OH excluding ortho intramolecular Hbond substituents is 1. The zero-order chi connectivity index (χ0) is 27.7. The molecule has 0 amide bonds. The van der Waals surface area contributed by atoms with Crippen LogP contribution in [0.4, 0.5) is 11.8 Å². The maximum atomic E-state index is 13.9. The maximum absolute atomic E-state index is 13.9. The Morgan fingerprint density at radius 1 is 1.05 bits per heavy atom. The van der Waals surface area contributed by atoms with Gasteiger partial charge >= 0.3 is 0 Å². The van der Waals surface area contributed by atoms with Crippen LogP contribution < -0.4 is 16.6 Å². The van der Waals surface area contributed by atoms with E-state index in [0.29, 0.717) is 39.7 Å². The second kappa shape index (κ2) is 10.4. The van der Waals surface area contributed by atoms with Crippen molar-refractivity contribution in [2.45, 2.75) is 38.6 Å². The Hall–Kier alpha value is -4.43. The highest BCUT2D eigenvalue weighted by atomic mass is 35.5. The van der Waals surface area contributed by atoms with Gasteiger partial charge in [-0.1, -0.05) is 61.8 Å². The summed E-state index contributed by atoms with van der Waals surface area (Å²) in [6.07, 6.45) is 2.33. The van der Waals surface area contributed by atoms with E-state index in [9.17, 15) is 9.90 Å². The van der Waals surface area contributed by atoms with Crippen LogP contribution in [-0.4, -0.2) is 30.2 Å². The van der Waals surface area contributed by atoms with Gasteiger partial charge in [-0.3, -0.25) is 9.36 Å². The number of anilines is 2. The number of hydrogen-bond acceptors (Lipinski definition) is 7. The molecule has 4 N–H and O–H groups in total. The third-order valence-corrected chi connectivity index (χ3v) is 7.67. The fraction of sp³-hybridized carbons (Fsp3) is 0.200. The van der Waals surface area contributed by atoms with Crippen molar-refractivity contribution < 1.29 is 5.11 Å². The number of para-hydroxylation sites is 1. The predicted molar refractivity (Wildman–Crippen MR) is 157 cm³/mol. The summed E-state index contributed by atoms with van der Waals surface area (Å²) in [6.45, 7) is 6.18. The number of aromatic nitrogens is 4. The molecule has 2 unspecified atom stereocenters. The van der Waals surface area contributed by atoms with E-state index < -0.39 is 5.54 Å². The molecule has 3 aromatic carbocycles. The Labute approximate surface area is 231 Å². The van der Waals surface area contributed by atoms with E-state index in [1.807, 2.05) is 37.3 Å². The summed E-state index contributed by atoms with van der Waals surface area (Å²) < 4.78 is 1.64. The number of hydrogen-bond donors (Lipinski definition) is 3. The van der Waals surface area contributed by atoms with Crippen LogP contribution in [0.5, 0.6) is 5.75 Å². The van der Waals surface area contributed by atoms with Gasteiger partial charge in [0.1, 0.15) is 17.4 Å². The Balaban J connectivity index is 1.67. The van der Waals surface area contributed by atoms with Crippen molar-refractivity contribution in [3.8, 4) is 22.6 Å². The summed E-state index contributed by atoms with van der Waals surface area (Å²) in [5.74, 6) is 1.15. The number of rotatable bonds is 7. The third kappa shape index (κ3) is 4.91. The molecule has 5 rings (SSSR count). The lowest BCUT2D eigenvalue weighted by atomic mass is 9.83. The number of nitrogens with two attached hydrogens (primary N) is 1. The van der Waals surface area contributed by atoms with Crippen LogP contribution in [0.3, 0.4) is 0 Å². The molecular formula is C30H29ClN6O2. The number of fused-ring (bicyclic) bond motifs is 1. The largest absolute Gasteiger partial charge is 0.508 e. The minimum atomic E-state index is -0.616. The number of nitrogens with zero attached hydrogens (tertiary/aromatic N) is 4. The minimum absolute atomic E-state index is 0.130. The molecule has 0 fully saturated rings. The van der Waals surface area contributed by atoms with Gasteiger partial charge in [-0.15, -0.1) is 0 Å². The van der Waals surface area contributed by atoms with Gasteiger partial charge in [0.05, 0.1) is 21.6 Å². The fourth-order valence-electron chi connectivity index (χ4n) is 4.73. The molecular weight excluding hydrogens is 512 g/mol. The van der Waals surface area contributed by atoms with Crippen molar-refractivity contribution in [3.05, 3.63) is 100 Å². The molecule has 198 valence electrons. The molecule has 0 saturated heterocycles. The Morgan fingerprint density at radius 2 is 1.77 bits per heavy atom. The fourth-order valence-corrected chi connectivity index (χ4v) is 4.98. The van der Waals surface area contributed by atoms with Crippen molar-refractivity contribution in [1.29, 1.82) is 0 Å². The third-order valence-electron chi connectivity index (χ3n) is 7.35. The summed E-state index contributed by atoms with van der Waals surface area (Å²) in [4.78, 5) is 27.6. The zero-order valence-electron chi connectivity index (χ0n) is 21.9. The van der Waals surface area contributed by atoms with Gasteiger partial charge in [0.2, 0.25) is 5.95 Å². The minimum Gasteiger partial charge on any atom is -0.508 e. The standard InChI is InChI=1S/C30H29ClN6O2/c1-4-30(3,36-26-22(17-33-29(32)35-26)19-13-15-21(38)16-14-19)18(2)27-34-24-12-8-11-23(31)25(24)28(39)37(27)20-9-6-5-7-10-20/h5-18,38H,4H2,1-3H3,(H3,32,33,35,36). The van der Waals surface area contributed by atoms with E-state index >= 15 is 0 Å². The van der Waals surface area contributed by atoms with Gasteiger partial charge in [-0.25, -0.2) is 9.97 Å². The first-order valence-electron chi connectivity index (χ1n) is 12.7. The summed E-state index contributed by atoms with van der Waals surface area (Å²) >= 11 is 6.47. The molecule has 0 aliphatic heterocycles. The Morgan fingerprint density at radius 3 is 2.46 bits per heavy atom. The first-order valence-corrected chi connectivity index (χ1v) is 13.1. The number of nitrogens with one attached hydrogen (secondary N) is 1. The van der Waals surface area contributed by atoms with Crippen molar-refractivity contribution in [1.82, 2.24) is 19.5 Å². The summed E-state index contributed by atoms with van der Waals surface area (Å²) in [5, 5.41) is 14.1. The molecule has 2 aromatic heterocycles. The van der Waals surface area contributed by atoms with Crippen molar-refractivity contribution in [2.75, 3.05) is 11.1 Å². The molecule has 0 bridgehead atoms. The molecule has 5 aromatic rings. The van der Waals surface area contributed by atoms with Crippen LogP contribution >= 0.6 is 11.6 Å². The smallest absolute Gasteiger partial charge is 0.267 e. The SMILES string of the molecule is CCC(C)(Nc1nc(N)ncc1-c1ccc(O)cc1)C(C)c1nc2cccc(Cl)c2c(=O)n1-c1ccccc1. The van der Waals surface area contributed by atoms with E-state index in [0.717, 1.165) is 11.1 Å². The monoisotopic (exact) mass is 540 g/mol. The molecule has 0 radical (unpaired) electrons. The van der Waals surface area contributed by atoms with Gasteiger partial charge in [0.15, 0.2) is 0 Å². The maximum Gasteiger partial charge on any atom is 0.267 e. The summed E-state index contributed by atoms with van der Waals surface area (Å²) in [7, 11) is 0. The van der Waals surface area contributed by atoms with Crippen LogP contribution in [0.25, 0.3) is 27.7 Å². The van der Waals surface area contributed by atoms with E-state index in [4.69, 9.17) is 22.3 Å². The molecule has 2 heterocycles.